The molecule has 0 radical (unpaired) electrons. The maximum absolute atomic E-state index is 15.3. The summed E-state index contributed by atoms with van der Waals surface area (Å²) in [5.74, 6) is -3.79. The number of imide groups is 1. The van der Waals surface area contributed by atoms with Crippen molar-refractivity contribution in [2.24, 2.45) is 0 Å². The lowest BCUT2D eigenvalue weighted by Gasteiger charge is -2.29. The van der Waals surface area contributed by atoms with Crippen molar-refractivity contribution >= 4 is 61.9 Å². The molecule has 50 heavy (non-hydrogen) atoms. The molecule has 3 aromatic carbocycles. The van der Waals surface area contributed by atoms with E-state index in [1.165, 1.54) is 27.8 Å². The summed E-state index contributed by atoms with van der Waals surface area (Å²) in [6.07, 6.45) is 1.97. The van der Waals surface area contributed by atoms with E-state index in [-0.39, 0.29) is 67.2 Å². The average molecular weight is 707 g/mol. The van der Waals surface area contributed by atoms with Crippen LogP contribution in [0.1, 0.15) is 40.9 Å². The number of amides is 5. The van der Waals surface area contributed by atoms with Crippen molar-refractivity contribution in [3.8, 4) is 11.5 Å². The molecule has 0 saturated carbocycles. The second kappa shape index (κ2) is 12.4. The first kappa shape index (κ1) is 32.4. The van der Waals surface area contributed by atoms with Gasteiger partial charge in [0.15, 0.2) is 5.82 Å². The van der Waals surface area contributed by atoms with E-state index in [1.54, 1.807) is 29.1 Å². The lowest BCUT2D eigenvalue weighted by molar-refractivity contribution is -0.137. The van der Waals surface area contributed by atoms with Gasteiger partial charge >= 0.3 is 10.2 Å². The Morgan fingerprint density at radius 2 is 1.92 bits per heavy atom. The summed E-state index contributed by atoms with van der Waals surface area (Å²) >= 11 is 0. The highest BCUT2D eigenvalue weighted by atomic mass is 32.2. The fraction of sp³-hybridized carbons (Fsp3) is 0.258. The minimum absolute atomic E-state index is 0.00791. The summed E-state index contributed by atoms with van der Waals surface area (Å²) in [7, 11) is -4.36. The molecule has 2 fully saturated rings. The van der Waals surface area contributed by atoms with E-state index in [2.05, 4.69) is 20.9 Å². The predicted molar refractivity (Wildman–Crippen MR) is 170 cm³/mol. The average Bonchev–Trinajstić information content (AvgIpc) is 3.73. The number of hydrogen-bond acceptors (Lipinski definition) is 11. The highest BCUT2D eigenvalue weighted by Gasteiger charge is 2.40. The van der Waals surface area contributed by atoms with Crippen molar-refractivity contribution in [2.75, 3.05) is 16.2 Å². The standard InChI is InChI=1S/C31H27FN8O9S/c32-28-19-5-4-17(10-16(19)11-23(41)29(28)40-14-27(44)36-50(40,47)48)33-26(43)8-9-38-12-18(35-37-38)15-49-24-3-1-2-20-21(24)13-39(31(20)46)22-6-7-25(42)34-30(22)45/h1-5,10-12,22,41H,6-9,13-15H2,(H,33,43)(H,36,44)(H,34,42,45). The number of ether oxygens (including phenoxy) is 1. The highest BCUT2D eigenvalue weighted by molar-refractivity contribution is 7.92. The van der Waals surface area contributed by atoms with E-state index in [9.17, 15) is 37.5 Å². The number of nitrogens with one attached hydrogen (secondary N) is 3. The Kier molecular flexibility index (Phi) is 8.05. The molecule has 3 aliphatic rings. The molecule has 17 nitrogen and oxygen atoms in total. The van der Waals surface area contributed by atoms with Gasteiger partial charge in [0.1, 0.15) is 42.1 Å². The van der Waals surface area contributed by atoms with E-state index in [0.29, 0.717) is 26.9 Å². The smallest absolute Gasteiger partial charge is 0.326 e. The number of aryl methyl sites for hydroxylation is 1. The van der Waals surface area contributed by atoms with Crippen LogP contribution in [0.4, 0.5) is 15.8 Å². The van der Waals surface area contributed by atoms with Crippen LogP contribution < -0.4 is 24.4 Å². The number of rotatable bonds is 9. The molecule has 0 spiro atoms. The maximum atomic E-state index is 15.3. The molecule has 258 valence electrons. The predicted octanol–water partition coefficient (Wildman–Crippen LogP) is 0.826. The third kappa shape index (κ3) is 6.02. The Bertz CT molecular complexity index is 2240. The zero-order chi connectivity index (χ0) is 35.3. The normalized spacial score (nSPS) is 18.3. The SMILES string of the molecule is O=C1CCC(N2Cc3c(OCc4cn(CCC(=O)Nc5ccc6c(F)c(N7CC(=O)NS7(=O)=O)c(O)cc6c5)nn4)cccc3C2=O)C(=O)N1. The third-order valence-electron chi connectivity index (χ3n) is 8.45. The number of nitrogens with zero attached hydrogens (tertiary/aromatic N) is 5. The number of carbonyl (C=O) groups is 5. The quantitative estimate of drug-likeness (QED) is 0.179. The largest absolute Gasteiger partial charge is 0.506 e. The molecular formula is C31H27FN8O9S. The number of benzene rings is 3. The van der Waals surface area contributed by atoms with Crippen LogP contribution in [0.5, 0.6) is 11.5 Å². The number of fused-ring (bicyclic) bond motifs is 2. The van der Waals surface area contributed by atoms with Crippen molar-refractivity contribution in [3.63, 3.8) is 0 Å². The van der Waals surface area contributed by atoms with Crippen LogP contribution in [0, 0.1) is 5.82 Å². The van der Waals surface area contributed by atoms with E-state index in [0.717, 1.165) is 6.07 Å². The second-order valence-electron chi connectivity index (χ2n) is 11.8. The summed E-state index contributed by atoms with van der Waals surface area (Å²) < 4.78 is 49.3. The topological polar surface area (TPSA) is 222 Å². The lowest BCUT2D eigenvalue weighted by atomic mass is 10.0. The fourth-order valence-corrected chi connectivity index (χ4v) is 7.26. The van der Waals surface area contributed by atoms with Gasteiger partial charge < -0.3 is 20.1 Å². The Hall–Kier alpha value is -6.11. The van der Waals surface area contributed by atoms with Crippen molar-refractivity contribution in [1.82, 2.24) is 29.9 Å². The molecule has 0 bridgehead atoms. The van der Waals surface area contributed by atoms with E-state index in [4.69, 9.17) is 4.74 Å². The molecule has 4 heterocycles. The van der Waals surface area contributed by atoms with Gasteiger partial charge in [-0.2, -0.15) is 8.42 Å². The number of phenols is 1. The summed E-state index contributed by atoms with van der Waals surface area (Å²) in [5, 5.41) is 23.6. The number of phenolic OH excluding ortho intramolecular Hbond substituents is 1. The number of carbonyl (C=O) groups excluding carboxylic acids is 5. The van der Waals surface area contributed by atoms with E-state index >= 15 is 4.39 Å². The summed E-state index contributed by atoms with van der Waals surface area (Å²) in [5.41, 5.74) is 1.10. The summed E-state index contributed by atoms with van der Waals surface area (Å²) in [4.78, 5) is 62.7. The van der Waals surface area contributed by atoms with Gasteiger partial charge in [0, 0.05) is 35.0 Å². The van der Waals surface area contributed by atoms with Crippen molar-refractivity contribution < 1.29 is 46.6 Å². The van der Waals surface area contributed by atoms with Gasteiger partial charge in [-0.3, -0.25) is 34.0 Å². The zero-order valence-corrected chi connectivity index (χ0v) is 26.7. The van der Waals surface area contributed by atoms with Crippen LogP contribution in [-0.4, -0.2) is 75.5 Å². The molecule has 1 unspecified atom stereocenters. The second-order valence-corrected chi connectivity index (χ2v) is 13.4. The molecule has 3 aliphatic heterocycles. The van der Waals surface area contributed by atoms with Crippen molar-refractivity contribution in [3.05, 3.63) is 71.3 Å². The first-order valence-electron chi connectivity index (χ1n) is 15.2. The lowest BCUT2D eigenvalue weighted by Crippen LogP contribution is -2.52. The summed E-state index contributed by atoms with van der Waals surface area (Å²) in [6, 6.07) is 9.54. The summed E-state index contributed by atoms with van der Waals surface area (Å²) in [6.45, 7) is -0.376. The van der Waals surface area contributed by atoms with Crippen LogP contribution in [0.2, 0.25) is 0 Å². The van der Waals surface area contributed by atoms with Crippen LogP contribution in [0.3, 0.4) is 0 Å². The van der Waals surface area contributed by atoms with Gasteiger partial charge in [-0.1, -0.05) is 11.3 Å². The molecule has 0 aliphatic carbocycles. The molecule has 4 N–H and O–H groups in total. The van der Waals surface area contributed by atoms with Crippen molar-refractivity contribution in [1.29, 1.82) is 0 Å². The Balaban J connectivity index is 0.949. The number of hydrogen-bond donors (Lipinski definition) is 4. The number of aromatic hydroxyl groups is 1. The van der Waals surface area contributed by atoms with Crippen LogP contribution in [0.15, 0.2) is 48.7 Å². The van der Waals surface area contributed by atoms with Gasteiger partial charge in [0.2, 0.25) is 17.7 Å². The highest BCUT2D eigenvalue weighted by Crippen LogP contribution is 2.39. The molecule has 4 aromatic rings. The molecule has 7 rings (SSSR count). The monoisotopic (exact) mass is 706 g/mol. The van der Waals surface area contributed by atoms with Gasteiger partial charge in [-0.05, 0) is 48.2 Å². The number of piperidine rings is 1. The first-order chi connectivity index (χ1) is 23.9. The minimum atomic E-state index is -4.36. The fourth-order valence-electron chi connectivity index (χ4n) is 6.10. The molecular weight excluding hydrogens is 679 g/mol. The van der Waals surface area contributed by atoms with Crippen LogP contribution in [-0.2, 0) is 49.1 Å². The molecule has 5 amide bonds. The first-order valence-corrected chi connectivity index (χ1v) is 16.7. The van der Waals surface area contributed by atoms with Crippen molar-refractivity contribution in [2.45, 2.75) is 45.0 Å². The molecule has 19 heteroatoms. The number of aromatic nitrogens is 3. The van der Waals surface area contributed by atoms with E-state index in [1.807, 2.05) is 0 Å². The number of halogens is 1. The zero-order valence-electron chi connectivity index (χ0n) is 25.9. The molecule has 1 aromatic heterocycles. The number of anilines is 2. The minimum Gasteiger partial charge on any atom is -0.506 e. The van der Waals surface area contributed by atoms with Gasteiger partial charge in [0.05, 0.1) is 19.3 Å². The maximum Gasteiger partial charge on any atom is 0.326 e. The van der Waals surface area contributed by atoms with Crippen LogP contribution in [0.25, 0.3) is 10.8 Å². The molecule has 1 atom stereocenters. The Labute approximate surface area is 282 Å². The Morgan fingerprint density at radius 1 is 1.10 bits per heavy atom. The molecule has 2 saturated heterocycles. The third-order valence-corrected chi connectivity index (χ3v) is 9.83. The van der Waals surface area contributed by atoms with Gasteiger partial charge in [-0.25, -0.2) is 13.4 Å². The van der Waals surface area contributed by atoms with E-state index < -0.39 is 57.8 Å². The Morgan fingerprint density at radius 3 is 2.68 bits per heavy atom. The van der Waals surface area contributed by atoms with Gasteiger partial charge in [0.25, 0.3) is 11.8 Å². The van der Waals surface area contributed by atoms with Crippen LogP contribution >= 0.6 is 0 Å². The van der Waals surface area contributed by atoms with Gasteiger partial charge in [-0.15, -0.1) is 5.10 Å².